The molecule has 0 atom stereocenters. The maximum atomic E-state index is 12.7. The number of carbonyl (C=O) groups excluding carboxylic acids is 1. The smallest absolute Gasteiger partial charge is 0.234 e. The summed E-state index contributed by atoms with van der Waals surface area (Å²) >= 11 is 13.7. The minimum atomic E-state index is -0.0835. The van der Waals surface area contributed by atoms with Gasteiger partial charge in [-0.1, -0.05) is 73.1 Å². The zero-order chi connectivity index (χ0) is 22.4. The van der Waals surface area contributed by atoms with Crippen molar-refractivity contribution in [3.63, 3.8) is 0 Å². The highest BCUT2D eigenvalue weighted by Crippen LogP contribution is 2.31. The van der Waals surface area contributed by atoms with Gasteiger partial charge in [0.05, 0.1) is 10.8 Å². The molecule has 0 spiro atoms. The first-order valence-electron chi connectivity index (χ1n) is 10.0. The third-order valence-electron chi connectivity index (χ3n) is 4.80. The fourth-order valence-corrected chi connectivity index (χ4v) is 4.51. The molecular weight excluding hydrogens is 451 g/mol. The van der Waals surface area contributed by atoms with Crippen molar-refractivity contribution in [2.45, 2.75) is 38.4 Å². The summed E-state index contributed by atoms with van der Waals surface area (Å²) in [5, 5.41) is 13.3. The molecule has 0 aliphatic carbocycles. The van der Waals surface area contributed by atoms with Crippen molar-refractivity contribution in [1.82, 2.24) is 14.8 Å². The third-order valence-corrected chi connectivity index (χ3v) is 6.31. The van der Waals surface area contributed by atoms with Crippen LogP contribution in [-0.2, 0) is 24.2 Å². The maximum absolute atomic E-state index is 12.7. The van der Waals surface area contributed by atoms with E-state index < -0.39 is 0 Å². The average Bonchev–Trinajstić information content (AvgIpc) is 3.15. The molecule has 0 unspecified atom stereocenters. The topological polar surface area (TPSA) is 59.8 Å². The molecule has 0 radical (unpaired) electrons. The number of nitrogens with one attached hydrogen (secondary N) is 1. The number of rotatable bonds is 9. The van der Waals surface area contributed by atoms with Crippen molar-refractivity contribution >= 4 is 46.6 Å². The van der Waals surface area contributed by atoms with E-state index in [9.17, 15) is 4.79 Å². The van der Waals surface area contributed by atoms with Gasteiger partial charge in [0.15, 0.2) is 11.0 Å². The van der Waals surface area contributed by atoms with Crippen LogP contribution in [0.25, 0.3) is 11.4 Å². The van der Waals surface area contributed by atoms with Crippen molar-refractivity contribution in [3.05, 3.63) is 70.2 Å². The van der Waals surface area contributed by atoms with Crippen molar-refractivity contribution in [2.24, 2.45) is 0 Å². The third kappa shape index (κ3) is 5.50. The first kappa shape index (κ1) is 23.4. The van der Waals surface area contributed by atoms with Crippen LogP contribution in [0.1, 0.15) is 25.0 Å². The molecule has 1 amide bonds. The number of nitrogens with zero attached hydrogens (tertiary/aromatic N) is 3. The molecule has 1 heterocycles. The summed E-state index contributed by atoms with van der Waals surface area (Å²) in [4.78, 5) is 12.7. The number of amides is 1. The largest absolute Gasteiger partial charge is 0.325 e. The summed E-state index contributed by atoms with van der Waals surface area (Å²) in [7, 11) is 0. The molecule has 0 saturated carbocycles. The molecule has 0 saturated heterocycles. The van der Waals surface area contributed by atoms with Crippen LogP contribution in [0.15, 0.2) is 54.2 Å². The lowest BCUT2D eigenvalue weighted by Gasteiger charge is -2.14. The van der Waals surface area contributed by atoms with Crippen molar-refractivity contribution in [1.29, 1.82) is 0 Å². The molecule has 3 aromatic rings. The predicted molar refractivity (Wildman–Crippen MR) is 130 cm³/mol. The van der Waals surface area contributed by atoms with Gasteiger partial charge in [-0.05, 0) is 42.2 Å². The van der Waals surface area contributed by atoms with Gasteiger partial charge < -0.3 is 5.32 Å². The maximum Gasteiger partial charge on any atom is 0.234 e. The lowest BCUT2D eigenvalue weighted by molar-refractivity contribution is -0.113. The van der Waals surface area contributed by atoms with E-state index in [0.717, 1.165) is 35.2 Å². The number of hydrogen-bond donors (Lipinski definition) is 1. The quantitative estimate of drug-likeness (QED) is 0.292. The molecule has 0 aliphatic rings. The van der Waals surface area contributed by atoms with Crippen LogP contribution in [0.4, 0.5) is 5.69 Å². The number of aromatic nitrogens is 3. The summed E-state index contributed by atoms with van der Waals surface area (Å²) in [6, 6.07) is 11.4. The lowest BCUT2D eigenvalue weighted by atomic mass is 10.0. The van der Waals surface area contributed by atoms with Crippen LogP contribution in [0.2, 0.25) is 10.0 Å². The average molecular weight is 475 g/mol. The predicted octanol–water partition coefficient (Wildman–Crippen LogP) is 6.29. The van der Waals surface area contributed by atoms with Crippen LogP contribution < -0.4 is 5.32 Å². The second-order valence-corrected chi connectivity index (χ2v) is 8.61. The highest BCUT2D eigenvalue weighted by atomic mass is 35.5. The SMILES string of the molecule is C=CCn1c(SCC(=O)Nc2c(CC)cccc2CC)nnc1-c1ccc(Cl)cc1Cl. The molecule has 1 N–H and O–H groups in total. The summed E-state index contributed by atoms with van der Waals surface area (Å²) in [6.45, 7) is 8.48. The molecule has 2 aromatic carbocycles. The Hall–Kier alpha value is -2.28. The summed E-state index contributed by atoms with van der Waals surface area (Å²) in [6.07, 6.45) is 3.47. The van der Waals surface area contributed by atoms with Crippen molar-refractivity contribution in [2.75, 3.05) is 11.1 Å². The Balaban J connectivity index is 1.79. The van der Waals surface area contributed by atoms with Crippen LogP contribution in [0.3, 0.4) is 0 Å². The van der Waals surface area contributed by atoms with Gasteiger partial charge in [0.25, 0.3) is 0 Å². The van der Waals surface area contributed by atoms with Crippen molar-refractivity contribution < 1.29 is 4.79 Å². The van der Waals surface area contributed by atoms with Gasteiger partial charge in [-0.2, -0.15) is 0 Å². The number of benzene rings is 2. The van der Waals surface area contributed by atoms with Crippen LogP contribution >= 0.6 is 35.0 Å². The van der Waals surface area contributed by atoms with E-state index in [2.05, 4.69) is 35.9 Å². The molecular formula is C23H24Cl2N4OS. The number of thioether (sulfide) groups is 1. The van der Waals surface area contributed by atoms with Gasteiger partial charge in [-0.15, -0.1) is 16.8 Å². The molecule has 8 heteroatoms. The second-order valence-electron chi connectivity index (χ2n) is 6.82. The number of hydrogen-bond acceptors (Lipinski definition) is 4. The summed E-state index contributed by atoms with van der Waals surface area (Å²) in [5.41, 5.74) is 3.90. The lowest BCUT2D eigenvalue weighted by Crippen LogP contribution is -2.17. The van der Waals surface area contributed by atoms with Gasteiger partial charge in [0.2, 0.25) is 5.91 Å². The van der Waals surface area contributed by atoms with E-state index in [-0.39, 0.29) is 11.7 Å². The molecule has 0 aliphatic heterocycles. The van der Waals surface area contributed by atoms with Crippen molar-refractivity contribution in [3.8, 4) is 11.4 Å². The fraction of sp³-hybridized carbons (Fsp3) is 0.261. The van der Waals surface area contributed by atoms with Gasteiger partial charge in [-0.25, -0.2) is 0 Å². The Kier molecular flexibility index (Phi) is 8.18. The Morgan fingerprint density at radius 3 is 2.48 bits per heavy atom. The van der Waals surface area contributed by atoms with E-state index in [4.69, 9.17) is 23.2 Å². The van der Waals surface area contributed by atoms with Crippen LogP contribution in [0.5, 0.6) is 0 Å². The normalized spacial score (nSPS) is 10.8. The number of anilines is 1. The van der Waals surface area contributed by atoms with E-state index in [0.29, 0.717) is 27.6 Å². The Bertz CT molecular complexity index is 1070. The van der Waals surface area contributed by atoms with Crippen LogP contribution in [0, 0.1) is 0 Å². The Labute approximate surface area is 196 Å². The first-order valence-corrected chi connectivity index (χ1v) is 11.8. The molecule has 162 valence electrons. The van der Waals surface area contributed by atoms with E-state index in [1.807, 2.05) is 28.8 Å². The molecule has 5 nitrogen and oxygen atoms in total. The number of para-hydroxylation sites is 1. The Morgan fingerprint density at radius 2 is 1.87 bits per heavy atom. The van der Waals surface area contributed by atoms with E-state index >= 15 is 0 Å². The monoisotopic (exact) mass is 474 g/mol. The first-order chi connectivity index (χ1) is 15.0. The summed E-state index contributed by atoms with van der Waals surface area (Å²) < 4.78 is 1.89. The second kappa shape index (κ2) is 10.8. The van der Waals surface area contributed by atoms with E-state index in [1.165, 1.54) is 11.8 Å². The molecule has 3 rings (SSSR count). The fourth-order valence-electron chi connectivity index (χ4n) is 3.27. The van der Waals surface area contributed by atoms with Gasteiger partial charge in [-0.3, -0.25) is 9.36 Å². The Morgan fingerprint density at radius 1 is 1.16 bits per heavy atom. The standard InChI is InChI=1S/C23H24Cl2N4OS/c1-4-12-29-22(18-11-10-17(24)13-19(18)25)27-28-23(29)31-14-20(30)26-21-15(5-2)8-7-9-16(21)6-3/h4,7-11,13H,1,5-6,12,14H2,2-3H3,(H,26,30). The number of allylic oxidation sites excluding steroid dienone is 1. The molecule has 0 bridgehead atoms. The molecule has 1 aromatic heterocycles. The zero-order valence-electron chi connectivity index (χ0n) is 17.5. The van der Waals surface area contributed by atoms with Gasteiger partial charge in [0.1, 0.15) is 0 Å². The van der Waals surface area contributed by atoms with Gasteiger partial charge >= 0.3 is 0 Å². The highest BCUT2D eigenvalue weighted by molar-refractivity contribution is 7.99. The van der Waals surface area contributed by atoms with Gasteiger partial charge in [0, 0.05) is 22.8 Å². The van der Waals surface area contributed by atoms with E-state index in [1.54, 1.807) is 18.2 Å². The number of halogens is 2. The zero-order valence-corrected chi connectivity index (χ0v) is 19.8. The minimum Gasteiger partial charge on any atom is -0.325 e. The highest BCUT2D eigenvalue weighted by Gasteiger charge is 2.18. The minimum absolute atomic E-state index is 0.0835. The number of carbonyl (C=O) groups is 1. The molecule has 0 fully saturated rings. The number of aryl methyl sites for hydroxylation is 2. The summed E-state index contributed by atoms with van der Waals surface area (Å²) in [5.74, 6) is 0.735. The van der Waals surface area contributed by atoms with Crippen LogP contribution in [-0.4, -0.2) is 26.4 Å². The molecule has 31 heavy (non-hydrogen) atoms.